The van der Waals surface area contributed by atoms with Crippen molar-refractivity contribution in [3.05, 3.63) is 29.6 Å². The van der Waals surface area contributed by atoms with E-state index in [1.807, 2.05) is 19.9 Å². The van der Waals surface area contributed by atoms with Crippen LogP contribution in [-0.2, 0) is 4.79 Å². The van der Waals surface area contributed by atoms with Crippen molar-refractivity contribution in [2.75, 3.05) is 5.32 Å². The molecule has 0 spiro atoms. The number of anilines is 1. The maximum absolute atomic E-state index is 13.2. The number of aryl methyl sites for hydroxylation is 1. The Kier molecular flexibility index (Phi) is 5.80. The molecule has 0 aliphatic heterocycles. The van der Waals surface area contributed by atoms with Gasteiger partial charge in [-0.05, 0) is 51.0 Å². The Balaban J connectivity index is 2.58. The van der Waals surface area contributed by atoms with Gasteiger partial charge >= 0.3 is 0 Å². The lowest BCUT2D eigenvalue weighted by Crippen LogP contribution is -2.42. The molecule has 0 heterocycles. The molecule has 0 aliphatic carbocycles. The van der Waals surface area contributed by atoms with E-state index in [2.05, 4.69) is 17.6 Å². The Morgan fingerprint density at radius 1 is 1.32 bits per heavy atom. The van der Waals surface area contributed by atoms with E-state index in [-0.39, 0.29) is 23.8 Å². The molecule has 0 fully saturated rings. The smallest absolute Gasteiger partial charge is 0.242 e. The highest BCUT2D eigenvalue weighted by Gasteiger charge is 2.14. The van der Waals surface area contributed by atoms with Crippen LogP contribution < -0.4 is 10.6 Å². The van der Waals surface area contributed by atoms with Gasteiger partial charge in [0, 0.05) is 11.7 Å². The normalized spacial score (nSPS) is 13.7. The molecule has 0 aliphatic rings. The second kappa shape index (κ2) is 7.12. The number of halogens is 1. The molecule has 1 aromatic carbocycles. The Morgan fingerprint density at radius 3 is 2.58 bits per heavy atom. The quantitative estimate of drug-likeness (QED) is 0.830. The SMILES string of the molecule is CCCC(C)NC(=O)C(C)Nc1cc(C)cc(F)c1. The molecule has 0 bridgehead atoms. The first-order chi connectivity index (χ1) is 8.92. The summed E-state index contributed by atoms with van der Waals surface area (Å²) >= 11 is 0. The number of benzene rings is 1. The van der Waals surface area contributed by atoms with Crippen molar-refractivity contribution in [2.24, 2.45) is 0 Å². The van der Waals surface area contributed by atoms with Gasteiger partial charge in [-0.2, -0.15) is 0 Å². The fraction of sp³-hybridized carbons (Fsp3) is 0.533. The Morgan fingerprint density at radius 2 is 2.00 bits per heavy atom. The first-order valence-corrected chi connectivity index (χ1v) is 6.76. The van der Waals surface area contributed by atoms with Crippen LogP contribution in [-0.4, -0.2) is 18.0 Å². The van der Waals surface area contributed by atoms with Crippen molar-refractivity contribution in [1.29, 1.82) is 0 Å². The summed E-state index contributed by atoms with van der Waals surface area (Å²) in [5.41, 5.74) is 1.46. The van der Waals surface area contributed by atoms with Gasteiger partial charge < -0.3 is 10.6 Å². The maximum atomic E-state index is 13.2. The Hall–Kier alpha value is -1.58. The number of carbonyl (C=O) groups excluding carboxylic acids is 1. The van der Waals surface area contributed by atoms with Crippen molar-refractivity contribution >= 4 is 11.6 Å². The molecule has 1 amide bonds. The molecule has 1 rings (SSSR count). The Bertz CT molecular complexity index is 414. The van der Waals surface area contributed by atoms with E-state index in [9.17, 15) is 9.18 Å². The van der Waals surface area contributed by atoms with Crippen LogP contribution in [0.2, 0.25) is 0 Å². The van der Waals surface area contributed by atoms with Crippen molar-refractivity contribution in [3.8, 4) is 0 Å². The van der Waals surface area contributed by atoms with Gasteiger partial charge in [0.15, 0.2) is 0 Å². The lowest BCUT2D eigenvalue weighted by atomic mass is 10.1. The molecule has 106 valence electrons. The third kappa shape index (κ3) is 5.28. The standard InChI is InChI=1S/C15H23FN2O/c1-5-6-11(3)17-15(19)12(4)18-14-8-10(2)7-13(16)9-14/h7-9,11-12,18H,5-6H2,1-4H3,(H,17,19). The number of carbonyl (C=O) groups is 1. The molecule has 1 aromatic rings. The van der Waals surface area contributed by atoms with Crippen LogP contribution in [0, 0.1) is 12.7 Å². The molecule has 2 N–H and O–H groups in total. The van der Waals surface area contributed by atoms with Crippen molar-refractivity contribution in [2.45, 2.75) is 52.6 Å². The summed E-state index contributed by atoms with van der Waals surface area (Å²) in [6.07, 6.45) is 1.99. The van der Waals surface area contributed by atoms with Gasteiger partial charge in [0.1, 0.15) is 11.9 Å². The summed E-state index contributed by atoms with van der Waals surface area (Å²) in [6.45, 7) is 7.66. The van der Waals surface area contributed by atoms with Gasteiger partial charge in [0.05, 0.1) is 0 Å². The first-order valence-electron chi connectivity index (χ1n) is 6.76. The van der Waals surface area contributed by atoms with E-state index < -0.39 is 0 Å². The van der Waals surface area contributed by atoms with E-state index in [1.165, 1.54) is 12.1 Å². The molecule has 0 aromatic heterocycles. The van der Waals surface area contributed by atoms with Gasteiger partial charge in [-0.1, -0.05) is 13.3 Å². The number of rotatable bonds is 6. The summed E-state index contributed by atoms with van der Waals surface area (Å²) < 4.78 is 13.2. The molecule has 3 nitrogen and oxygen atoms in total. The summed E-state index contributed by atoms with van der Waals surface area (Å²) in [6, 6.07) is 4.45. The monoisotopic (exact) mass is 266 g/mol. The van der Waals surface area contributed by atoms with Crippen LogP contribution >= 0.6 is 0 Å². The highest BCUT2D eigenvalue weighted by molar-refractivity contribution is 5.84. The highest BCUT2D eigenvalue weighted by Crippen LogP contribution is 2.14. The molecule has 0 saturated carbocycles. The lowest BCUT2D eigenvalue weighted by Gasteiger charge is -2.19. The summed E-state index contributed by atoms with van der Waals surface area (Å²) in [4.78, 5) is 11.9. The fourth-order valence-corrected chi connectivity index (χ4v) is 2.01. The number of hydrogen-bond acceptors (Lipinski definition) is 2. The second-order valence-electron chi connectivity index (χ2n) is 5.08. The van der Waals surface area contributed by atoms with Crippen LogP contribution in [0.5, 0.6) is 0 Å². The molecular weight excluding hydrogens is 243 g/mol. The number of hydrogen-bond donors (Lipinski definition) is 2. The van der Waals surface area contributed by atoms with Crippen molar-refractivity contribution < 1.29 is 9.18 Å². The van der Waals surface area contributed by atoms with Crippen LogP contribution in [0.15, 0.2) is 18.2 Å². The van der Waals surface area contributed by atoms with Gasteiger partial charge in [-0.3, -0.25) is 4.79 Å². The second-order valence-corrected chi connectivity index (χ2v) is 5.08. The van der Waals surface area contributed by atoms with E-state index >= 15 is 0 Å². The van der Waals surface area contributed by atoms with E-state index in [1.54, 1.807) is 6.92 Å². The summed E-state index contributed by atoms with van der Waals surface area (Å²) in [5.74, 6) is -0.364. The van der Waals surface area contributed by atoms with E-state index in [0.29, 0.717) is 5.69 Å². The van der Waals surface area contributed by atoms with Gasteiger partial charge in [-0.25, -0.2) is 4.39 Å². The topological polar surface area (TPSA) is 41.1 Å². The van der Waals surface area contributed by atoms with Crippen LogP contribution in [0.1, 0.15) is 39.2 Å². The third-order valence-corrected chi connectivity index (χ3v) is 2.93. The average Bonchev–Trinajstić information content (AvgIpc) is 2.27. The summed E-state index contributed by atoms with van der Waals surface area (Å²) in [7, 11) is 0. The molecule has 0 radical (unpaired) electrons. The van der Waals surface area contributed by atoms with Crippen molar-refractivity contribution in [3.63, 3.8) is 0 Å². The molecular formula is C15H23FN2O. The molecule has 0 saturated heterocycles. The zero-order chi connectivity index (χ0) is 14.4. The molecule has 4 heteroatoms. The minimum atomic E-state index is -0.388. The minimum absolute atomic E-state index is 0.0668. The van der Waals surface area contributed by atoms with E-state index in [0.717, 1.165) is 18.4 Å². The molecule has 19 heavy (non-hydrogen) atoms. The summed E-state index contributed by atoms with van der Waals surface area (Å²) in [5, 5.41) is 5.95. The zero-order valence-corrected chi connectivity index (χ0v) is 12.1. The van der Waals surface area contributed by atoms with Crippen LogP contribution in [0.4, 0.5) is 10.1 Å². The maximum Gasteiger partial charge on any atom is 0.242 e. The van der Waals surface area contributed by atoms with Gasteiger partial charge in [0.2, 0.25) is 5.91 Å². The van der Waals surface area contributed by atoms with Crippen LogP contribution in [0.25, 0.3) is 0 Å². The number of nitrogens with one attached hydrogen (secondary N) is 2. The largest absolute Gasteiger partial charge is 0.374 e. The number of amides is 1. The lowest BCUT2D eigenvalue weighted by molar-refractivity contribution is -0.122. The van der Waals surface area contributed by atoms with Gasteiger partial charge in [-0.15, -0.1) is 0 Å². The third-order valence-electron chi connectivity index (χ3n) is 2.93. The molecule has 2 unspecified atom stereocenters. The predicted octanol–water partition coefficient (Wildman–Crippen LogP) is 3.24. The highest BCUT2D eigenvalue weighted by atomic mass is 19.1. The minimum Gasteiger partial charge on any atom is -0.374 e. The van der Waals surface area contributed by atoms with Gasteiger partial charge in [0.25, 0.3) is 0 Å². The first kappa shape index (κ1) is 15.5. The Labute approximate surface area is 114 Å². The fourth-order valence-electron chi connectivity index (χ4n) is 2.01. The zero-order valence-electron chi connectivity index (χ0n) is 12.1. The van der Waals surface area contributed by atoms with Crippen molar-refractivity contribution in [1.82, 2.24) is 5.32 Å². The molecule has 2 atom stereocenters. The van der Waals surface area contributed by atoms with Crippen LogP contribution in [0.3, 0.4) is 0 Å². The predicted molar refractivity (Wildman–Crippen MR) is 76.7 cm³/mol. The average molecular weight is 266 g/mol. The van der Waals surface area contributed by atoms with E-state index in [4.69, 9.17) is 0 Å².